The van der Waals surface area contributed by atoms with E-state index in [1.54, 1.807) is 0 Å². The van der Waals surface area contributed by atoms with Gasteiger partial charge >= 0.3 is 35.3 Å². The SMILES string of the molecule is CCN(CC)c1ccc2c(-c3ccnc(-c4cc(C)ccn4)c3)c3ccc(=[N+](CC)CC)cc-3oc2c1.[Cl][Pt][Cl]. The number of aromatic nitrogens is 2. The summed E-state index contributed by atoms with van der Waals surface area (Å²) in [6.45, 7) is 14.6. The van der Waals surface area contributed by atoms with Crippen molar-refractivity contribution in [3.05, 3.63) is 84.0 Å². The van der Waals surface area contributed by atoms with Crippen molar-refractivity contribution in [2.75, 3.05) is 31.1 Å². The Balaban J connectivity index is 0.00000118. The molecule has 1 aliphatic heterocycles. The summed E-state index contributed by atoms with van der Waals surface area (Å²) in [5.41, 5.74) is 8.32. The molecule has 212 valence electrons. The van der Waals surface area contributed by atoms with E-state index >= 15 is 0 Å². The van der Waals surface area contributed by atoms with Crippen molar-refractivity contribution in [3.8, 4) is 33.8 Å². The molecule has 0 atom stereocenters. The van der Waals surface area contributed by atoms with E-state index in [9.17, 15) is 0 Å². The van der Waals surface area contributed by atoms with E-state index in [0.717, 1.165) is 71.0 Å². The van der Waals surface area contributed by atoms with Gasteiger partial charge in [0.25, 0.3) is 0 Å². The van der Waals surface area contributed by atoms with Crippen molar-refractivity contribution in [1.82, 2.24) is 14.5 Å². The Morgan fingerprint density at radius 3 is 2.15 bits per heavy atom. The molecule has 1 aliphatic carbocycles. The van der Waals surface area contributed by atoms with Crippen molar-refractivity contribution in [2.45, 2.75) is 34.6 Å². The molecule has 0 unspecified atom stereocenters. The molecule has 1 aromatic carbocycles. The topological polar surface area (TPSA) is 45.2 Å². The van der Waals surface area contributed by atoms with Crippen LogP contribution in [0.25, 0.3) is 44.8 Å². The van der Waals surface area contributed by atoms with Gasteiger partial charge in [0.2, 0.25) is 5.36 Å². The standard InChI is InChI=1S/C32H35N4O.2ClH.Pt/c1-6-35(7-2)24-10-12-26-30(20-24)37-31-21-25(36(8-3)9-4)11-13-27(31)32(26)23-15-17-34-29(19-23)28-18-22(5)14-16-33-28;;;/h10-21H,6-9H2,1-5H3;2*1H;/q+1;;;+2/p-2. The van der Waals surface area contributed by atoms with E-state index in [2.05, 4.69) is 109 Å². The van der Waals surface area contributed by atoms with Gasteiger partial charge in [-0.15, -0.1) is 0 Å². The predicted molar refractivity (Wildman–Crippen MR) is 166 cm³/mol. The van der Waals surface area contributed by atoms with Crippen molar-refractivity contribution in [3.63, 3.8) is 0 Å². The van der Waals surface area contributed by atoms with Crippen LogP contribution >= 0.6 is 18.8 Å². The Morgan fingerprint density at radius 1 is 0.825 bits per heavy atom. The summed E-state index contributed by atoms with van der Waals surface area (Å²) >= 11 is -0.472. The average molecular weight is 758 g/mol. The molecule has 0 N–H and O–H groups in total. The van der Waals surface area contributed by atoms with Gasteiger partial charge in [0.05, 0.1) is 17.5 Å². The van der Waals surface area contributed by atoms with Gasteiger partial charge in [-0.3, -0.25) is 9.97 Å². The molecular weight excluding hydrogens is 722 g/mol. The number of rotatable bonds is 7. The minimum atomic E-state index is -0.472. The van der Waals surface area contributed by atoms with Gasteiger partial charge in [-0.1, -0.05) is 0 Å². The Kier molecular flexibility index (Phi) is 10.8. The summed E-state index contributed by atoms with van der Waals surface area (Å²) in [5, 5.41) is 2.26. The molecule has 0 amide bonds. The molecule has 2 aromatic heterocycles. The molecule has 0 radical (unpaired) electrons. The monoisotopic (exact) mass is 756 g/mol. The number of pyridine rings is 2. The van der Waals surface area contributed by atoms with Gasteiger partial charge in [0.15, 0.2) is 0 Å². The summed E-state index contributed by atoms with van der Waals surface area (Å²) < 4.78 is 8.96. The molecular formula is C32H35Cl2N4OPt+. The molecule has 0 saturated carbocycles. The van der Waals surface area contributed by atoms with E-state index in [1.807, 2.05) is 18.5 Å². The fourth-order valence-electron chi connectivity index (χ4n) is 5.15. The molecule has 5 rings (SSSR count). The fraction of sp³-hybridized carbons (Fsp3) is 0.281. The molecule has 0 fully saturated rings. The van der Waals surface area contributed by atoms with Crippen LogP contribution in [-0.2, 0) is 16.5 Å². The van der Waals surface area contributed by atoms with E-state index < -0.39 is 16.5 Å². The molecule has 3 heterocycles. The third-order valence-corrected chi connectivity index (χ3v) is 7.17. The first-order valence-corrected chi connectivity index (χ1v) is 19.2. The molecule has 0 bridgehead atoms. The quantitative estimate of drug-likeness (QED) is 0.125. The molecule has 5 nitrogen and oxygen atoms in total. The van der Waals surface area contributed by atoms with Crippen LogP contribution in [0.4, 0.5) is 5.69 Å². The molecule has 8 heteroatoms. The third-order valence-electron chi connectivity index (χ3n) is 7.17. The zero-order valence-corrected chi connectivity index (χ0v) is 27.3. The zero-order valence-electron chi connectivity index (χ0n) is 23.5. The van der Waals surface area contributed by atoms with Crippen molar-refractivity contribution >= 4 is 35.5 Å². The molecule has 0 saturated heterocycles. The summed E-state index contributed by atoms with van der Waals surface area (Å²) in [4.78, 5) is 11.6. The second-order valence-corrected chi connectivity index (χ2v) is 12.7. The van der Waals surface area contributed by atoms with Gasteiger partial charge in [-0.25, -0.2) is 4.58 Å². The van der Waals surface area contributed by atoms with E-state index in [4.69, 9.17) is 23.3 Å². The van der Waals surface area contributed by atoms with Crippen LogP contribution in [0.3, 0.4) is 0 Å². The Labute approximate surface area is 253 Å². The third kappa shape index (κ3) is 6.60. The molecule has 40 heavy (non-hydrogen) atoms. The van der Waals surface area contributed by atoms with Crippen molar-refractivity contribution in [2.24, 2.45) is 0 Å². The average Bonchev–Trinajstić information content (AvgIpc) is 2.97. The first-order chi connectivity index (χ1) is 19.5. The maximum absolute atomic E-state index is 6.62. The van der Waals surface area contributed by atoms with E-state index in [0.29, 0.717) is 0 Å². The number of anilines is 1. The second-order valence-electron chi connectivity index (χ2n) is 9.38. The number of halogens is 2. The van der Waals surface area contributed by atoms with Crippen molar-refractivity contribution < 1.29 is 20.9 Å². The number of fused-ring (bicyclic) bond motifs is 2. The van der Waals surface area contributed by atoms with Crippen LogP contribution in [0.5, 0.6) is 0 Å². The molecule has 2 aliphatic rings. The summed E-state index contributed by atoms with van der Waals surface area (Å²) in [5.74, 6) is 0.885. The Hall–Kier alpha value is -2.72. The van der Waals surface area contributed by atoms with Gasteiger partial charge in [-0.2, -0.15) is 0 Å². The van der Waals surface area contributed by atoms with Gasteiger partial charge in [0.1, 0.15) is 24.4 Å². The van der Waals surface area contributed by atoms with Gasteiger partial charge in [0, 0.05) is 59.8 Å². The van der Waals surface area contributed by atoms with Gasteiger partial charge < -0.3 is 9.32 Å². The Morgan fingerprint density at radius 2 is 1.50 bits per heavy atom. The minimum absolute atomic E-state index is 0.472. The molecule has 0 spiro atoms. The van der Waals surface area contributed by atoms with Crippen molar-refractivity contribution in [1.29, 1.82) is 0 Å². The summed E-state index contributed by atoms with van der Waals surface area (Å²) in [7, 11) is 9.75. The predicted octanol–water partition coefficient (Wildman–Crippen LogP) is 8.00. The zero-order chi connectivity index (χ0) is 28.6. The Bertz CT molecular complexity index is 1630. The summed E-state index contributed by atoms with van der Waals surface area (Å²) in [6, 6.07) is 21.5. The van der Waals surface area contributed by atoms with Crippen LogP contribution in [-0.4, -0.2) is 36.1 Å². The van der Waals surface area contributed by atoms with E-state index in [1.165, 1.54) is 16.6 Å². The van der Waals surface area contributed by atoms with Crippen LogP contribution in [0, 0.1) is 6.92 Å². The number of nitrogens with zero attached hydrogens (tertiary/aromatic N) is 4. The second kappa shape index (κ2) is 14.3. The number of hydrogen-bond acceptors (Lipinski definition) is 4. The first-order valence-electron chi connectivity index (χ1n) is 13.5. The number of aryl methyl sites for hydroxylation is 1. The first kappa shape index (κ1) is 30.2. The summed E-state index contributed by atoms with van der Waals surface area (Å²) in [6.07, 6.45) is 3.72. The van der Waals surface area contributed by atoms with Crippen LogP contribution in [0.15, 0.2) is 77.5 Å². The molecule has 3 aromatic rings. The van der Waals surface area contributed by atoms with Crippen LogP contribution in [0.2, 0.25) is 0 Å². The maximum atomic E-state index is 6.62. The van der Waals surface area contributed by atoms with E-state index in [-0.39, 0.29) is 0 Å². The van der Waals surface area contributed by atoms with Gasteiger partial charge in [-0.05, 0) is 88.2 Å². The van der Waals surface area contributed by atoms with Crippen LogP contribution in [0.1, 0.15) is 33.3 Å². The number of benzene rings is 2. The fourth-order valence-corrected chi connectivity index (χ4v) is 5.15. The normalized spacial score (nSPS) is 11.0. The van der Waals surface area contributed by atoms with Crippen LogP contribution < -0.4 is 14.8 Å². The number of hydrogen-bond donors (Lipinski definition) is 0.